The number of nitrogens with zero attached hydrogens (tertiary/aromatic N) is 2. The van der Waals surface area contributed by atoms with Gasteiger partial charge in [0.25, 0.3) is 0 Å². The number of amides is 2. The number of hydrogen-bond donors (Lipinski definition) is 0. The smallest absolute Gasteiger partial charge is 0.444 e. The molecule has 1 rings (SSSR count). The van der Waals surface area contributed by atoms with Crippen molar-refractivity contribution in [2.45, 2.75) is 45.5 Å². The number of halogens is 3. The van der Waals surface area contributed by atoms with E-state index in [9.17, 15) is 22.8 Å². The minimum atomic E-state index is -4.88. The summed E-state index contributed by atoms with van der Waals surface area (Å²) < 4.78 is 42.2. The number of alkyl halides is 3. The van der Waals surface area contributed by atoms with E-state index in [1.165, 1.54) is 4.90 Å². The fourth-order valence-electron chi connectivity index (χ4n) is 1.91. The van der Waals surface area contributed by atoms with Crippen molar-refractivity contribution in [2.75, 3.05) is 19.6 Å². The summed E-state index contributed by atoms with van der Waals surface area (Å²) in [5, 5.41) is 0. The molecule has 0 saturated carbocycles. The largest absolute Gasteiger partial charge is 0.471 e. The van der Waals surface area contributed by atoms with Gasteiger partial charge in [-0.2, -0.15) is 13.2 Å². The van der Waals surface area contributed by atoms with Crippen LogP contribution in [0.3, 0.4) is 0 Å². The van der Waals surface area contributed by atoms with E-state index in [-0.39, 0.29) is 19.6 Å². The highest BCUT2D eigenvalue weighted by molar-refractivity contribution is 5.82. The summed E-state index contributed by atoms with van der Waals surface area (Å²) >= 11 is 0. The highest BCUT2D eigenvalue weighted by atomic mass is 19.4. The van der Waals surface area contributed by atoms with Crippen molar-refractivity contribution in [1.29, 1.82) is 0 Å². The van der Waals surface area contributed by atoms with E-state index < -0.39 is 29.8 Å². The van der Waals surface area contributed by atoms with Crippen LogP contribution in [0.4, 0.5) is 18.0 Å². The van der Waals surface area contributed by atoms with Crippen molar-refractivity contribution in [3.8, 4) is 0 Å². The van der Waals surface area contributed by atoms with Gasteiger partial charge >= 0.3 is 18.2 Å². The Labute approximate surface area is 115 Å². The van der Waals surface area contributed by atoms with Gasteiger partial charge in [-0.3, -0.25) is 4.79 Å². The molecule has 0 N–H and O–H groups in total. The fourth-order valence-corrected chi connectivity index (χ4v) is 1.91. The summed E-state index contributed by atoms with van der Waals surface area (Å²) in [6.07, 6.45) is -5.46. The quantitative estimate of drug-likeness (QED) is 0.687. The zero-order valence-corrected chi connectivity index (χ0v) is 12.0. The van der Waals surface area contributed by atoms with Crippen molar-refractivity contribution < 1.29 is 27.5 Å². The first-order valence-corrected chi connectivity index (χ1v) is 6.27. The third kappa shape index (κ3) is 4.28. The molecule has 1 atom stereocenters. The van der Waals surface area contributed by atoms with Gasteiger partial charge in [-0.05, 0) is 27.7 Å². The van der Waals surface area contributed by atoms with Gasteiger partial charge < -0.3 is 14.5 Å². The normalized spacial score (nSPS) is 20.9. The Kier molecular flexibility index (Phi) is 4.55. The van der Waals surface area contributed by atoms with Crippen LogP contribution in [0.5, 0.6) is 0 Å². The Bertz CT molecular complexity index is 390. The summed E-state index contributed by atoms with van der Waals surface area (Å²) in [7, 11) is 0. The summed E-state index contributed by atoms with van der Waals surface area (Å²) in [4.78, 5) is 25.1. The van der Waals surface area contributed by atoms with E-state index in [0.717, 1.165) is 0 Å². The standard InChI is InChI=1S/C12H19F3N2O3/c1-8-7-16(9(18)12(13,14)15)5-6-17(8)10(19)20-11(2,3)4/h8H,5-7H2,1-4H3. The number of hydrogen-bond acceptors (Lipinski definition) is 3. The molecule has 0 radical (unpaired) electrons. The van der Waals surface area contributed by atoms with E-state index >= 15 is 0 Å². The van der Waals surface area contributed by atoms with E-state index in [0.29, 0.717) is 4.90 Å². The fraction of sp³-hybridized carbons (Fsp3) is 0.833. The van der Waals surface area contributed by atoms with E-state index in [2.05, 4.69) is 0 Å². The average molecular weight is 296 g/mol. The van der Waals surface area contributed by atoms with Gasteiger partial charge in [0.2, 0.25) is 0 Å². The molecule has 0 aromatic carbocycles. The first kappa shape index (κ1) is 16.6. The topological polar surface area (TPSA) is 49.9 Å². The van der Waals surface area contributed by atoms with Gasteiger partial charge in [0.05, 0.1) is 0 Å². The molecule has 1 fully saturated rings. The number of rotatable bonds is 0. The van der Waals surface area contributed by atoms with Crippen LogP contribution in [0.25, 0.3) is 0 Å². The minimum Gasteiger partial charge on any atom is -0.444 e. The van der Waals surface area contributed by atoms with Gasteiger partial charge in [0.1, 0.15) is 5.60 Å². The van der Waals surface area contributed by atoms with Gasteiger partial charge in [-0.25, -0.2) is 4.79 Å². The molecule has 2 amide bonds. The molecule has 5 nitrogen and oxygen atoms in total. The lowest BCUT2D eigenvalue weighted by molar-refractivity contribution is -0.187. The maximum absolute atomic E-state index is 12.3. The molecule has 20 heavy (non-hydrogen) atoms. The molecule has 1 saturated heterocycles. The third-order valence-corrected chi connectivity index (χ3v) is 2.79. The van der Waals surface area contributed by atoms with Crippen LogP contribution in [0.1, 0.15) is 27.7 Å². The van der Waals surface area contributed by atoms with E-state index in [1.807, 2.05) is 0 Å². The number of piperazine rings is 1. The third-order valence-electron chi connectivity index (χ3n) is 2.79. The molecule has 0 aromatic rings. The van der Waals surface area contributed by atoms with Crippen LogP contribution in [0.2, 0.25) is 0 Å². The molecule has 1 aliphatic rings. The average Bonchev–Trinajstić information content (AvgIpc) is 2.23. The van der Waals surface area contributed by atoms with Crippen LogP contribution in [-0.2, 0) is 9.53 Å². The first-order valence-electron chi connectivity index (χ1n) is 6.27. The Morgan fingerprint density at radius 3 is 2.10 bits per heavy atom. The van der Waals surface area contributed by atoms with Crippen LogP contribution in [-0.4, -0.2) is 59.3 Å². The molecule has 116 valence electrons. The Morgan fingerprint density at radius 1 is 1.15 bits per heavy atom. The highest BCUT2D eigenvalue weighted by Gasteiger charge is 2.44. The molecular weight excluding hydrogens is 277 g/mol. The Balaban J connectivity index is 2.65. The second-order valence-corrected chi connectivity index (χ2v) is 5.77. The van der Waals surface area contributed by atoms with Gasteiger partial charge in [-0.15, -0.1) is 0 Å². The highest BCUT2D eigenvalue weighted by Crippen LogP contribution is 2.22. The lowest BCUT2D eigenvalue weighted by Crippen LogP contribution is -2.58. The van der Waals surface area contributed by atoms with Crippen LogP contribution < -0.4 is 0 Å². The van der Waals surface area contributed by atoms with Crippen molar-refractivity contribution in [2.24, 2.45) is 0 Å². The number of ether oxygens (including phenoxy) is 1. The molecule has 0 spiro atoms. The minimum absolute atomic E-state index is 0.0257. The molecule has 1 unspecified atom stereocenters. The molecule has 0 aromatic heterocycles. The molecule has 8 heteroatoms. The van der Waals surface area contributed by atoms with Crippen molar-refractivity contribution in [1.82, 2.24) is 9.80 Å². The molecule has 1 heterocycles. The lowest BCUT2D eigenvalue weighted by atomic mass is 10.2. The van der Waals surface area contributed by atoms with Crippen LogP contribution in [0, 0.1) is 0 Å². The predicted octanol–water partition coefficient (Wildman–Crippen LogP) is 2.02. The van der Waals surface area contributed by atoms with Gasteiger partial charge in [-0.1, -0.05) is 0 Å². The monoisotopic (exact) mass is 296 g/mol. The van der Waals surface area contributed by atoms with Crippen LogP contribution >= 0.6 is 0 Å². The van der Waals surface area contributed by atoms with Gasteiger partial charge in [0, 0.05) is 25.7 Å². The zero-order chi connectivity index (χ0) is 15.7. The Hall–Kier alpha value is -1.47. The maximum atomic E-state index is 12.3. The predicted molar refractivity (Wildman–Crippen MR) is 65.0 cm³/mol. The zero-order valence-electron chi connectivity index (χ0n) is 12.0. The van der Waals surface area contributed by atoms with Crippen LogP contribution in [0.15, 0.2) is 0 Å². The maximum Gasteiger partial charge on any atom is 0.471 e. The molecule has 1 aliphatic heterocycles. The first-order chi connectivity index (χ1) is 8.92. The summed E-state index contributed by atoms with van der Waals surface area (Å²) in [6, 6.07) is -0.523. The second-order valence-electron chi connectivity index (χ2n) is 5.77. The van der Waals surface area contributed by atoms with Gasteiger partial charge in [0.15, 0.2) is 0 Å². The Morgan fingerprint density at radius 2 is 1.70 bits per heavy atom. The number of carbonyl (C=O) groups excluding carboxylic acids is 2. The molecule has 0 bridgehead atoms. The van der Waals surface area contributed by atoms with Crippen molar-refractivity contribution >= 4 is 12.0 Å². The lowest BCUT2D eigenvalue weighted by Gasteiger charge is -2.40. The SMILES string of the molecule is CC1CN(C(=O)C(F)(F)F)CCN1C(=O)OC(C)(C)C. The second kappa shape index (κ2) is 5.49. The summed E-state index contributed by atoms with van der Waals surface area (Å²) in [5.74, 6) is -1.87. The number of carbonyl (C=O) groups is 2. The van der Waals surface area contributed by atoms with E-state index in [1.54, 1.807) is 27.7 Å². The van der Waals surface area contributed by atoms with E-state index in [4.69, 9.17) is 4.74 Å². The molecule has 0 aliphatic carbocycles. The van der Waals surface area contributed by atoms with Crippen molar-refractivity contribution in [3.05, 3.63) is 0 Å². The van der Waals surface area contributed by atoms with Crippen molar-refractivity contribution in [3.63, 3.8) is 0 Å². The summed E-state index contributed by atoms with van der Waals surface area (Å²) in [5.41, 5.74) is -0.671. The summed E-state index contributed by atoms with van der Waals surface area (Å²) in [6.45, 7) is 6.42. The molecular formula is C12H19F3N2O3.